The van der Waals surface area contributed by atoms with Gasteiger partial charge in [-0.15, -0.1) is 0 Å². The quantitative estimate of drug-likeness (QED) is 0.672. The molecular formula is C24H32N2O4S. The lowest BCUT2D eigenvalue weighted by Gasteiger charge is -2.31. The number of rotatable bonds is 8. The van der Waals surface area contributed by atoms with E-state index >= 15 is 0 Å². The van der Waals surface area contributed by atoms with Crippen LogP contribution in [0.25, 0.3) is 0 Å². The Kier molecular flexibility index (Phi) is 7.73. The third-order valence-corrected chi connectivity index (χ3v) is 7.89. The van der Waals surface area contributed by atoms with Gasteiger partial charge in [0.15, 0.2) is 0 Å². The monoisotopic (exact) mass is 444 g/mol. The Hall–Kier alpha value is -2.38. The van der Waals surface area contributed by atoms with Crippen LogP contribution in [0.15, 0.2) is 48.5 Å². The van der Waals surface area contributed by atoms with Crippen LogP contribution in [0.3, 0.4) is 0 Å². The normalized spacial score (nSPS) is 16.6. The van der Waals surface area contributed by atoms with Crippen molar-refractivity contribution < 1.29 is 17.9 Å². The average Bonchev–Trinajstić information content (AvgIpc) is 2.79. The maximum atomic E-state index is 12.9. The molecule has 1 amide bonds. The zero-order chi connectivity index (χ0) is 22.4. The second-order valence-electron chi connectivity index (χ2n) is 8.10. The first-order valence-electron chi connectivity index (χ1n) is 10.8. The van der Waals surface area contributed by atoms with Crippen LogP contribution in [0.2, 0.25) is 0 Å². The van der Waals surface area contributed by atoms with Crippen molar-refractivity contribution in [1.82, 2.24) is 9.62 Å². The first-order valence-corrected chi connectivity index (χ1v) is 12.4. The molecule has 168 valence electrons. The molecule has 0 spiro atoms. The molecule has 2 aromatic rings. The molecule has 0 aliphatic carbocycles. The molecule has 0 radical (unpaired) electrons. The summed E-state index contributed by atoms with van der Waals surface area (Å²) in [5.41, 5.74) is 2.84. The van der Waals surface area contributed by atoms with E-state index < -0.39 is 10.0 Å². The molecule has 1 aliphatic heterocycles. The largest absolute Gasteiger partial charge is 0.497 e. The number of sulfonamides is 1. The van der Waals surface area contributed by atoms with Crippen molar-refractivity contribution in [2.75, 3.05) is 20.2 Å². The van der Waals surface area contributed by atoms with E-state index in [1.165, 1.54) is 4.31 Å². The number of benzene rings is 2. The number of ether oxygens (including phenoxy) is 1. The van der Waals surface area contributed by atoms with Crippen molar-refractivity contribution in [3.8, 4) is 5.75 Å². The Morgan fingerprint density at radius 1 is 1.13 bits per heavy atom. The zero-order valence-corrected chi connectivity index (χ0v) is 19.3. The summed E-state index contributed by atoms with van der Waals surface area (Å²) >= 11 is 0. The molecule has 0 unspecified atom stereocenters. The lowest BCUT2D eigenvalue weighted by atomic mass is 9.95. The van der Waals surface area contributed by atoms with Gasteiger partial charge < -0.3 is 10.1 Å². The van der Waals surface area contributed by atoms with Gasteiger partial charge in [-0.05, 0) is 55.0 Å². The van der Waals surface area contributed by atoms with Crippen molar-refractivity contribution in [2.24, 2.45) is 5.92 Å². The molecule has 0 saturated carbocycles. The predicted octanol–water partition coefficient (Wildman–Crippen LogP) is 3.81. The Morgan fingerprint density at radius 2 is 1.77 bits per heavy atom. The number of hydrogen-bond acceptors (Lipinski definition) is 4. The molecule has 1 fully saturated rings. The van der Waals surface area contributed by atoms with Crippen LogP contribution < -0.4 is 10.1 Å². The van der Waals surface area contributed by atoms with Gasteiger partial charge >= 0.3 is 0 Å². The summed E-state index contributed by atoms with van der Waals surface area (Å²) in [4.78, 5) is 12.9. The molecule has 1 N–H and O–H groups in total. The van der Waals surface area contributed by atoms with E-state index in [0.717, 1.165) is 28.9 Å². The number of aryl methyl sites for hydroxylation is 1. The minimum atomic E-state index is -3.40. The highest BCUT2D eigenvalue weighted by Gasteiger charge is 2.32. The van der Waals surface area contributed by atoms with Crippen LogP contribution in [0.5, 0.6) is 5.75 Å². The highest BCUT2D eigenvalue weighted by atomic mass is 32.2. The topological polar surface area (TPSA) is 75.7 Å². The van der Waals surface area contributed by atoms with E-state index in [2.05, 4.69) is 5.32 Å². The first kappa shape index (κ1) is 23.3. The second kappa shape index (κ2) is 10.3. The lowest BCUT2D eigenvalue weighted by Crippen LogP contribution is -2.44. The molecule has 0 bridgehead atoms. The number of amides is 1. The summed E-state index contributed by atoms with van der Waals surface area (Å²) < 4.78 is 32.5. The van der Waals surface area contributed by atoms with Crippen LogP contribution in [0.1, 0.15) is 48.9 Å². The molecular weight excluding hydrogens is 412 g/mol. The molecule has 2 aromatic carbocycles. The van der Waals surface area contributed by atoms with Crippen molar-refractivity contribution in [1.29, 1.82) is 0 Å². The second-order valence-corrected chi connectivity index (χ2v) is 10.1. The third-order valence-electron chi connectivity index (χ3n) is 6.06. The highest BCUT2D eigenvalue weighted by Crippen LogP contribution is 2.25. The van der Waals surface area contributed by atoms with Gasteiger partial charge in [0.05, 0.1) is 18.9 Å². The van der Waals surface area contributed by atoms with Crippen LogP contribution in [-0.4, -0.2) is 38.8 Å². The molecule has 0 aromatic heterocycles. The number of hydrogen-bond donors (Lipinski definition) is 1. The SMILES string of the molecule is CC[C@@H](NC(=O)C1CCN(S(=O)(=O)Cc2ccccc2C)CC1)c1ccc(OC)cc1. The molecule has 1 aliphatic rings. The molecule has 3 rings (SSSR count). The summed E-state index contributed by atoms with van der Waals surface area (Å²) in [5.74, 6) is 0.617. The number of piperidine rings is 1. The summed E-state index contributed by atoms with van der Waals surface area (Å²) in [6.45, 7) is 4.72. The highest BCUT2D eigenvalue weighted by molar-refractivity contribution is 7.88. The summed E-state index contributed by atoms with van der Waals surface area (Å²) in [6.07, 6.45) is 1.86. The molecule has 7 heteroatoms. The Labute approximate surface area is 185 Å². The van der Waals surface area contributed by atoms with Gasteiger partial charge in [-0.1, -0.05) is 43.3 Å². The van der Waals surface area contributed by atoms with Crippen molar-refractivity contribution in [2.45, 2.75) is 44.9 Å². The van der Waals surface area contributed by atoms with Crippen molar-refractivity contribution >= 4 is 15.9 Å². The van der Waals surface area contributed by atoms with Gasteiger partial charge in [0, 0.05) is 19.0 Å². The van der Waals surface area contributed by atoms with Crippen LogP contribution in [0.4, 0.5) is 0 Å². The minimum Gasteiger partial charge on any atom is -0.497 e. The Bertz CT molecular complexity index is 981. The summed E-state index contributed by atoms with van der Waals surface area (Å²) in [6, 6.07) is 15.2. The number of methoxy groups -OCH3 is 1. The fourth-order valence-electron chi connectivity index (χ4n) is 4.00. The number of carbonyl (C=O) groups excluding carboxylic acids is 1. The Morgan fingerprint density at radius 3 is 2.35 bits per heavy atom. The zero-order valence-electron chi connectivity index (χ0n) is 18.5. The van der Waals surface area contributed by atoms with E-state index in [-0.39, 0.29) is 23.6 Å². The van der Waals surface area contributed by atoms with Crippen LogP contribution in [0, 0.1) is 12.8 Å². The van der Waals surface area contributed by atoms with E-state index in [1.807, 2.05) is 62.4 Å². The summed E-state index contributed by atoms with van der Waals surface area (Å²) in [7, 11) is -1.77. The van der Waals surface area contributed by atoms with Gasteiger partial charge in [-0.25, -0.2) is 12.7 Å². The first-order chi connectivity index (χ1) is 14.8. The lowest BCUT2D eigenvalue weighted by molar-refractivity contribution is -0.126. The molecule has 6 nitrogen and oxygen atoms in total. The maximum absolute atomic E-state index is 12.9. The van der Waals surface area contributed by atoms with Gasteiger partial charge in [0.25, 0.3) is 0 Å². The van der Waals surface area contributed by atoms with E-state index in [4.69, 9.17) is 4.74 Å². The van der Waals surface area contributed by atoms with Crippen molar-refractivity contribution in [3.63, 3.8) is 0 Å². The van der Waals surface area contributed by atoms with Gasteiger partial charge in [0.2, 0.25) is 15.9 Å². The van der Waals surface area contributed by atoms with Gasteiger partial charge in [-0.3, -0.25) is 4.79 Å². The molecule has 1 heterocycles. The third kappa shape index (κ3) is 5.86. The predicted molar refractivity (Wildman–Crippen MR) is 122 cm³/mol. The van der Waals surface area contributed by atoms with Crippen molar-refractivity contribution in [3.05, 3.63) is 65.2 Å². The molecule has 1 atom stereocenters. The van der Waals surface area contributed by atoms with Gasteiger partial charge in [0.1, 0.15) is 5.75 Å². The molecule has 31 heavy (non-hydrogen) atoms. The number of nitrogens with zero attached hydrogens (tertiary/aromatic N) is 1. The van der Waals surface area contributed by atoms with Crippen LogP contribution in [-0.2, 0) is 20.6 Å². The number of carbonyl (C=O) groups is 1. The summed E-state index contributed by atoms with van der Waals surface area (Å²) in [5, 5.41) is 3.14. The van der Waals surface area contributed by atoms with E-state index in [0.29, 0.717) is 25.9 Å². The van der Waals surface area contributed by atoms with E-state index in [1.54, 1.807) is 7.11 Å². The Balaban J connectivity index is 1.56. The average molecular weight is 445 g/mol. The smallest absolute Gasteiger partial charge is 0.223 e. The fraction of sp³-hybridized carbons (Fsp3) is 0.458. The maximum Gasteiger partial charge on any atom is 0.223 e. The molecule has 1 saturated heterocycles. The van der Waals surface area contributed by atoms with Crippen LogP contribution >= 0.6 is 0 Å². The fourth-order valence-corrected chi connectivity index (χ4v) is 5.67. The number of nitrogens with one attached hydrogen (secondary N) is 1. The van der Waals surface area contributed by atoms with Gasteiger partial charge in [-0.2, -0.15) is 0 Å². The standard InChI is InChI=1S/C24H32N2O4S/c1-4-23(19-9-11-22(30-3)12-10-19)25-24(27)20-13-15-26(16-14-20)31(28,29)17-21-8-6-5-7-18(21)2/h5-12,20,23H,4,13-17H2,1-3H3,(H,25,27)/t23-/m1/s1. The minimum absolute atomic E-state index is 0.00128. The van der Waals surface area contributed by atoms with E-state index in [9.17, 15) is 13.2 Å².